The highest BCUT2D eigenvalue weighted by Gasteiger charge is 2.42. The Morgan fingerprint density at radius 3 is 0.632 bits per heavy atom. The Labute approximate surface area is 666 Å². The summed E-state index contributed by atoms with van der Waals surface area (Å²) in [7, 11) is 0. The van der Waals surface area contributed by atoms with Crippen LogP contribution in [0.25, 0.3) is 198 Å². The van der Waals surface area contributed by atoms with Crippen LogP contribution in [0.2, 0.25) is 0 Å². The minimum atomic E-state index is -0.300. The van der Waals surface area contributed by atoms with Crippen molar-refractivity contribution in [2.45, 2.75) is 38.5 Å². The standard InChI is InChI=1S/C59H42.C55H38/c1-59(2)53-37-51(55-43(39-21-7-3-8-22-39)33-19-34-44(55)40-23-9-4-10-24-40)47-29-15-17-31-49(47)57(53)58-50-32-18-16-30-48(50)52(38-54(58)59)56-45(41-25-11-5-12-26-41)35-20-36-46(56)42-27-13-6-14-28-42;1-55(2)49-33-47(45-31-29-35-17-9-11-23-39(35)51(45)37-19-5-3-6-20-37)41-25-13-15-27-43(41)53(49)54-44-28-16-14-26-42(44)48(34-50(54)55)46-32-30-36-18-10-12-24-40(36)52(46)38-21-7-4-8-22-38/h3-38H,1-2H3;3-34H,1-2H3. The van der Waals surface area contributed by atoms with Gasteiger partial charge in [0.25, 0.3) is 0 Å². The molecule has 0 atom stereocenters. The third-order valence-electron chi connectivity index (χ3n) is 24.9. The summed E-state index contributed by atoms with van der Waals surface area (Å²) in [5, 5.41) is 15.4. The van der Waals surface area contributed by atoms with E-state index in [1.54, 1.807) is 0 Å². The van der Waals surface area contributed by atoms with E-state index in [0.717, 1.165) is 0 Å². The van der Waals surface area contributed by atoms with Gasteiger partial charge in [-0.3, -0.25) is 0 Å². The molecule has 536 valence electrons. The number of fused-ring (bicyclic) bond motifs is 16. The Morgan fingerprint density at radius 2 is 0.351 bits per heavy atom. The minimum absolute atomic E-state index is 0.254. The summed E-state index contributed by atoms with van der Waals surface area (Å²) in [5.41, 5.74) is 35.4. The predicted molar refractivity (Wildman–Crippen MR) is 487 cm³/mol. The second-order valence-corrected chi connectivity index (χ2v) is 31.9. The summed E-state index contributed by atoms with van der Waals surface area (Å²) in [6, 6.07) is 153. The summed E-state index contributed by atoms with van der Waals surface area (Å²) >= 11 is 0. The van der Waals surface area contributed by atoms with Gasteiger partial charge in [-0.15, -0.1) is 0 Å². The first-order valence-corrected chi connectivity index (χ1v) is 40.0. The van der Waals surface area contributed by atoms with Crippen molar-refractivity contribution in [2.24, 2.45) is 0 Å². The highest BCUT2D eigenvalue weighted by Crippen LogP contribution is 2.61. The molecule has 0 fully saturated rings. The molecule has 0 spiro atoms. The predicted octanol–water partition coefficient (Wildman–Crippen LogP) is 31.6. The first-order chi connectivity index (χ1) is 56.2. The SMILES string of the molecule is CC1(C)c2cc(-c3c(-c4ccccc4)cccc3-c3ccccc3)c3ccccc3c2-c2c1cc(-c1c(-c3ccccc3)cccc1-c1ccccc1)c1ccccc21.CC1(C)c2cc(-c3ccc4ccccc4c3-c3ccccc3)c3ccccc3c2-c2c1cc(-c1ccc3ccccc3c1-c1ccccc1)c1ccccc21. The van der Waals surface area contributed by atoms with Crippen LogP contribution in [-0.4, -0.2) is 0 Å². The van der Waals surface area contributed by atoms with Gasteiger partial charge in [-0.1, -0.05) is 416 Å². The molecular formula is C114H80. The van der Waals surface area contributed by atoms with Crippen LogP contribution in [0.3, 0.4) is 0 Å². The van der Waals surface area contributed by atoms with E-state index in [-0.39, 0.29) is 10.8 Å². The molecule has 0 aromatic heterocycles. The van der Waals surface area contributed by atoms with Gasteiger partial charge in [0, 0.05) is 10.8 Å². The third-order valence-corrected chi connectivity index (χ3v) is 24.9. The maximum Gasteiger partial charge on any atom is 0.0159 e. The molecule has 0 saturated carbocycles. The molecule has 0 unspecified atom stereocenters. The molecule has 114 heavy (non-hydrogen) atoms. The van der Waals surface area contributed by atoms with Crippen molar-refractivity contribution in [3.63, 3.8) is 0 Å². The van der Waals surface area contributed by atoms with Crippen LogP contribution < -0.4 is 0 Å². The van der Waals surface area contributed by atoms with E-state index >= 15 is 0 Å². The fourth-order valence-electron chi connectivity index (χ4n) is 19.6. The first kappa shape index (κ1) is 68.0. The van der Waals surface area contributed by atoms with Crippen molar-refractivity contribution in [2.75, 3.05) is 0 Å². The molecular weight excluding hydrogens is 1370 g/mol. The van der Waals surface area contributed by atoms with E-state index in [1.807, 2.05) is 0 Å². The van der Waals surface area contributed by atoms with Gasteiger partial charge in [0.15, 0.2) is 0 Å². The van der Waals surface area contributed by atoms with Crippen molar-refractivity contribution in [1.29, 1.82) is 0 Å². The summed E-state index contributed by atoms with van der Waals surface area (Å²) in [6.45, 7) is 9.76. The molecule has 2 aliphatic carbocycles. The molecule has 0 radical (unpaired) electrons. The largest absolute Gasteiger partial charge is 0.0622 e. The summed E-state index contributed by atoms with van der Waals surface area (Å²) in [6.07, 6.45) is 0. The topological polar surface area (TPSA) is 0 Å². The molecule has 20 aromatic rings. The number of rotatable bonds is 10. The van der Waals surface area contributed by atoms with Gasteiger partial charge in [0.05, 0.1) is 0 Å². The van der Waals surface area contributed by atoms with Crippen molar-refractivity contribution in [3.8, 4) is 134 Å². The van der Waals surface area contributed by atoms with Crippen molar-refractivity contribution >= 4 is 64.6 Å². The van der Waals surface area contributed by atoms with E-state index in [4.69, 9.17) is 0 Å². The zero-order valence-corrected chi connectivity index (χ0v) is 64.3. The van der Waals surface area contributed by atoms with E-state index in [9.17, 15) is 0 Å². The molecule has 0 amide bonds. The van der Waals surface area contributed by atoms with Gasteiger partial charge in [-0.05, 0) is 245 Å². The fourth-order valence-corrected chi connectivity index (χ4v) is 19.6. The van der Waals surface area contributed by atoms with Crippen LogP contribution in [0.15, 0.2) is 413 Å². The van der Waals surface area contributed by atoms with Crippen molar-refractivity contribution in [3.05, 3.63) is 435 Å². The Kier molecular flexibility index (Phi) is 16.4. The van der Waals surface area contributed by atoms with Crippen LogP contribution in [0, 0.1) is 0 Å². The maximum absolute atomic E-state index is 2.55. The van der Waals surface area contributed by atoms with Gasteiger partial charge >= 0.3 is 0 Å². The Morgan fingerprint density at radius 1 is 0.132 bits per heavy atom. The maximum atomic E-state index is 2.55. The van der Waals surface area contributed by atoms with Crippen molar-refractivity contribution < 1.29 is 0 Å². The second-order valence-electron chi connectivity index (χ2n) is 31.9. The van der Waals surface area contributed by atoms with Gasteiger partial charge in [-0.2, -0.15) is 0 Å². The van der Waals surface area contributed by atoms with Crippen LogP contribution >= 0.6 is 0 Å². The van der Waals surface area contributed by atoms with Gasteiger partial charge in [-0.25, -0.2) is 0 Å². The van der Waals surface area contributed by atoms with E-state index in [2.05, 4.69) is 440 Å². The lowest BCUT2D eigenvalue weighted by Gasteiger charge is -2.25. The smallest absolute Gasteiger partial charge is 0.0159 e. The van der Waals surface area contributed by atoms with Crippen LogP contribution in [0.4, 0.5) is 0 Å². The Bertz CT molecular complexity index is 6660. The molecule has 0 heterocycles. The number of hydrogen-bond donors (Lipinski definition) is 0. The normalized spacial score (nSPS) is 12.9. The summed E-state index contributed by atoms with van der Waals surface area (Å²) in [5.74, 6) is 0. The number of hydrogen-bond acceptors (Lipinski definition) is 0. The summed E-state index contributed by atoms with van der Waals surface area (Å²) < 4.78 is 0. The second kappa shape index (κ2) is 27.5. The summed E-state index contributed by atoms with van der Waals surface area (Å²) in [4.78, 5) is 0. The highest BCUT2D eigenvalue weighted by molar-refractivity contribution is 6.22. The molecule has 22 rings (SSSR count). The molecule has 0 nitrogen and oxygen atoms in total. The average Bonchev–Trinajstić information content (AvgIpc) is 1.53. The van der Waals surface area contributed by atoms with E-state index < -0.39 is 0 Å². The molecule has 0 aliphatic heterocycles. The molecule has 0 saturated heterocycles. The molecule has 0 heteroatoms. The molecule has 0 bridgehead atoms. The van der Waals surface area contributed by atoms with Gasteiger partial charge in [0.1, 0.15) is 0 Å². The average molecular weight is 1450 g/mol. The zero-order valence-electron chi connectivity index (χ0n) is 64.3. The molecule has 0 N–H and O–H groups in total. The number of benzene rings is 20. The lowest BCUT2D eigenvalue weighted by atomic mass is 9.77. The van der Waals surface area contributed by atoms with Crippen LogP contribution in [0.1, 0.15) is 49.9 Å². The van der Waals surface area contributed by atoms with E-state index in [1.165, 1.54) is 220 Å². The quantitative estimate of drug-likeness (QED) is 0.128. The van der Waals surface area contributed by atoms with Gasteiger partial charge in [0.2, 0.25) is 0 Å². The zero-order chi connectivity index (χ0) is 76.2. The molecule has 2 aliphatic rings. The lowest BCUT2D eigenvalue weighted by Crippen LogP contribution is -2.15. The van der Waals surface area contributed by atoms with Gasteiger partial charge < -0.3 is 0 Å². The van der Waals surface area contributed by atoms with E-state index in [0.29, 0.717) is 0 Å². The lowest BCUT2D eigenvalue weighted by molar-refractivity contribution is 0.661. The first-order valence-electron chi connectivity index (χ1n) is 40.0. The minimum Gasteiger partial charge on any atom is -0.0622 e. The third kappa shape index (κ3) is 11.0. The van der Waals surface area contributed by atoms with Crippen LogP contribution in [0.5, 0.6) is 0 Å². The Hall–Kier alpha value is -14.0. The Balaban J connectivity index is 0.000000144. The molecule has 20 aromatic carbocycles. The van der Waals surface area contributed by atoms with Crippen LogP contribution in [-0.2, 0) is 10.8 Å². The highest BCUT2D eigenvalue weighted by atomic mass is 14.4. The fraction of sp³-hybridized carbons (Fsp3) is 0.0526. The van der Waals surface area contributed by atoms with Crippen molar-refractivity contribution in [1.82, 2.24) is 0 Å². The monoisotopic (exact) mass is 1450 g/mol.